The Bertz CT molecular complexity index is 181. The molecule has 3 heteroatoms. The van der Waals surface area contributed by atoms with Gasteiger partial charge in [0.15, 0.2) is 6.17 Å². The molecule has 0 aromatic heterocycles. The van der Waals surface area contributed by atoms with Crippen LogP contribution in [0.2, 0.25) is 0 Å². The zero-order chi connectivity index (χ0) is 9.30. The summed E-state index contributed by atoms with van der Waals surface area (Å²) in [5.41, 5.74) is 0. The molecule has 0 heterocycles. The summed E-state index contributed by atoms with van der Waals surface area (Å²) in [7, 11) is 0. The van der Waals surface area contributed by atoms with Gasteiger partial charge in [-0.25, -0.2) is 4.39 Å². The van der Waals surface area contributed by atoms with E-state index in [1.165, 1.54) is 0 Å². The highest BCUT2D eigenvalue weighted by molar-refractivity contribution is 5.81. The number of nitrogens with one attached hydrogen (secondary N) is 1. The third-order valence-electron chi connectivity index (χ3n) is 2.27. The molecule has 0 aromatic carbocycles. The first-order valence-electron chi connectivity index (χ1n) is 4.46. The minimum atomic E-state index is -1.35. The molecular formula is C9H16FNO. The fourth-order valence-electron chi connectivity index (χ4n) is 1.09. The smallest absolute Gasteiger partial charge is 0.255 e. The van der Waals surface area contributed by atoms with Crippen molar-refractivity contribution in [1.29, 1.82) is 0 Å². The van der Waals surface area contributed by atoms with Gasteiger partial charge in [0.05, 0.1) is 0 Å². The summed E-state index contributed by atoms with van der Waals surface area (Å²) in [4.78, 5) is 11.1. The van der Waals surface area contributed by atoms with Crippen LogP contribution in [0.3, 0.4) is 0 Å². The topological polar surface area (TPSA) is 29.1 Å². The third-order valence-corrected chi connectivity index (χ3v) is 2.27. The van der Waals surface area contributed by atoms with E-state index in [0.29, 0.717) is 5.92 Å². The Morgan fingerprint density at radius 2 is 2.08 bits per heavy atom. The maximum atomic E-state index is 13.0. The van der Waals surface area contributed by atoms with Gasteiger partial charge in [0.1, 0.15) is 0 Å². The molecule has 3 atom stereocenters. The summed E-state index contributed by atoms with van der Waals surface area (Å²) in [6, 6.07) is 0.231. The summed E-state index contributed by atoms with van der Waals surface area (Å²) >= 11 is 0. The van der Waals surface area contributed by atoms with Gasteiger partial charge in [-0.2, -0.15) is 0 Å². The summed E-state index contributed by atoms with van der Waals surface area (Å²) in [6.45, 7) is 5.47. The Morgan fingerprint density at radius 3 is 2.42 bits per heavy atom. The highest BCUT2D eigenvalue weighted by Crippen LogP contribution is 2.29. The third kappa shape index (κ3) is 2.19. The molecule has 1 aliphatic rings. The van der Waals surface area contributed by atoms with Crippen LogP contribution in [0.1, 0.15) is 27.2 Å². The molecule has 1 saturated carbocycles. The highest BCUT2D eigenvalue weighted by Gasteiger charge is 2.35. The van der Waals surface area contributed by atoms with Crippen molar-refractivity contribution in [3.63, 3.8) is 0 Å². The average molecular weight is 173 g/mol. The molecule has 2 nitrogen and oxygen atoms in total. The van der Waals surface area contributed by atoms with Crippen LogP contribution in [0.25, 0.3) is 0 Å². The van der Waals surface area contributed by atoms with Crippen LogP contribution >= 0.6 is 0 Å². The lowest BCUT2D eigenvalue weighted by atomic mass is 10.1. The predicted molar refractivity (Wildman–Crippen MR) is 45.4 cm³/mol. The minimum absolute atomic E-state index is 0.223. The molecule has 0 bridgehead atoms. The largest absolute Gasteiger partial charge is 0.351 e. The van der Waals surface area contributed by atoms with Crippen LogP contribution in [0.5, 0.6) is 0 Å². The van der Waals surface area contributed by atoms with Gasteiger partial charge < -0.3 is 5.32 Å². The lowest BCUT2D eigenvalue weighted by Crippen LogP contribution is -2.36. The maximum Gasteiger partial charge on any atom is 0.255 e. The van der Waals surface area contributed by atoms with Crippen LogP contribution in [0.4, 0.5) is 4.39 Å². The highest BCUT2D eigenvalue weighted by atomic mass is 19.1. The molecule has 0 spiro atoms. The van der Waals surface area contributed by atoms with E-state index < -0.39 is 12.1 Å². The monoisotopic (exact) mass is 173 g/mol. The van der Waals surface area contributed by atoms with Crippen LogP contribution in [-0.4, -0.2) is 18.1 Å². The van der Waals surface area contributed by atoms with Gasteiger partial charge in [-0.05, 0) is 18.3 Å². The first-order valence-corrected chi connectivity index (χ1v) is 4.46. The Kier molecular flexibility index (Phi) is 2.70. The molecule has 0 radical (unpaired) electrons. The molecule has 0 aromatic rings. The molecule has 1 fully saturated rings. The van der Waals surface area contributed by atoms with Gasteiger partial charge in [-0.3, -0.25) is 4.79 Å². The standard InChI is InChI=1S/C9H16FNO/c1-5(2)8(10)9(12)11-7-4-6(7)3/h5-8H,4H2,1-3H3,(H,11,12). The van der Waals surface area contributed by atoms with E-state index in [-0.39, 0.29) is 12.0 Å². The van der Waals surface area contributed by atoms with Crippen molar-refractivity contribution in [3.8, 4) is 0 Å². The molecule has 1 rings (SSSR count). The van der Waals surface area contributed by atoms with Gasteiger partial charge in [0, 0.05) is 6.04 Å². The van der Waals surface area contributed by atoms with Gasteiger partial charge in [0.25, 0.3) is 5.91 Å². The normalized spacial score (nSPS) is 30.1. The number of carbonyl (C=O) groups is 1. The Morgan fingerprint density at radius 1 is 1.58 bits per heavy atom. The zero-order valence-electron chi connectivity index (χ0n) is 7.80. The van der Waals surface area contributed by atoms with Crippen molar-refractivity contribution >= 4 is 5.91 Å². The van der Waals surface area contributed by atoms with Crippen LogP contribution < -0.4 is 5.32 Å². The van der Waals surface area contributed by atoms with Crippen molar-refractivity contribution < 1.29 is 9.18 Å². The van der Waals surface area contributed by atoms with Crippen molar-refractivity contribution in [3.05, 3.63) is 0 Å². The summed E-state index contributed by atoms with van der Waals surface area (Å²) in [5, 5.41) is 2.67. The lowest BCUT2D eigenvalue weighted by Gasteiger charge is -2.11. The zero-order valence-corrected chi connectivity index (χ0v) is 7.80. The fourth-order valence-corrected chi connectivity index (χ4v) is 1.09. The number of halogens is 1. The lowest BCUT2D eigenvalue weighted by molar-refractivity contribution is -0.127. The first-order chi connectivity index (χ1) is 5.52. The van der Waals surface area contributed by atoms with Gasteiger partial charge >= 0.3 is 0 Å². The number of hydrogen-bond acceptors (Lipinski definition) is 1. The number of hydrogen-bond donors (Lipinski definition) is 1. The number of amides is 1. The van der Waals surface area contributed by atoms with E-state index in [4.69, 9.17) is 0 Å². The second-order valence-electron chi connectivity index (χ2n) is 3.97. The fraction of sp³-hybridized carbons (Fsp3) is 0.889. The first kappa shape index (κ1) is 9.49. The van der Waals surface area contributed by atoms with Crippen LogP contribution in [-0.2, 0) is 4.79 Å². The minimum Gasteiger partial charge on any atom is -0.351 e. The van der Waals surface area contributed by atoms with E-state index in [1.807, 2.05) is 6.92 Å². The van der Waals surface area contributed by atoms with E-state index >= 15 is 0 Å². The van der Waals surface area contributed by atoms with Crippen LogP contribution in [0, 0.1) is 11.8 Å². The summed E-state index contributed by atoms with van der Waals surface area (Å²) in [5.74, 6) is -0.133. The molecule has 3 unspecified atom stereocenters. The molecule has 12 heavy (non-hydrogen) atoms. The number of carbonyl (C=O) groups excluding carboxylic acids is 1. The van der Waals surface area contributed by atoms with E-state index in [1.54, 1.807) is 13.8 Å². The van der Waals surface area contributed by atoms with Gasteiger partial charge in [-0.15, -0.1) is 0 Å². The van der Waals surface area contributed by atoms with Gasteiger partial charge in [0.2, 0.25) is 0 Å². The number of alkyl halides is 1. The summed E-state index contributed by atoms with van der Waals surface area (Å²) in [6.07, 6.45) is -0.353. The predicted octanol–water partition coefficient (Wildman–Crippen LogP) is 1.51. The quantitative estimate of drug-likeness (QED) is 0.688. The van der Waals surface area contributed by atoms with Gasteiger partial charge in [-0.1, -0.05) is 20.8 Å². The van der Waals surface area contributed by atoms with E-state index in [2.05, 4.69) is 5.32 Å². The molecule has 1 aliphatic carbocycles. The molecule has 1 N–H and O–H groups in total. The number of rotatable bonds is 3. The molecule has 70 valence electrons. The molecular weight excluding hydrogens is 157 g/mol. The van der Waals surface area contributed by atoms with Crippen molar-refractivity contribution in [2.75, 3.05) is 0 Å². The van der Waals surface area contributed by atoms with Crippen molar-refractivity contribution in [2.45, 2.75) is 39.4 Å². The molecule has 1 amide bonds. The second kappa shape index (κ2) is 3.42. The van der Waals surface area contributed by atoms with E-state index in [0.717, 1.165) is 6.42 Å². The van der Waals surface area contributed by atoms with Crippen molar-refractivity contribution in [2.24, 2.45) is 11.8 Å². The molecule has 0 aliphatic heterocycles. The average Bonchev–Trinajstić information content (AvgIpc) is 2.64. The maximum absolute atomic E-state index is 13.0. The molecule has 0 saturated heterocycles. The van der Waals surface area contributed by atoms with Crippen LogP contribution in [0.15, 0.2) is 0 Å². The van der Waals surface area contributed by atoms with E-state index in [9.17, 15) is 9.18 Å². The Balaban J connectivity index is 2.28. The van der Waals surface area contributed by atoms with Crippen molar-refractivity contribution in [1.82, 2.24) is 5.32 Å². The summed E-state index contributed by atoms with van der Waals surface area (Å²) < 4.78 is 13.0. The second-order valence-corrected chi connectivity index (χ2v) is 3.97. The SMILES string of the molecule is CC(C)C(F)C(=O)NC1CC1C. The Hall–Kier alpha value is -0.600. The Labute approximate surface area is 72.5 Å².